The van der Waals surface area contributed by atoms with E-state index in [1.54, 1.807) is 6.07 Å². The van der Waals surface area contributed by atoms with Crippen LogP contribution in [0.3, 0.4) is 0 Å². The van der Waals surface area contributed by atoms with Crippen LogP contribution in [0.5, 0.6) is 0 Å². The Morgan fingerprint density at radius 1 is 0.920 bits per heavy atom. The van der Waals surface area contributed by atoms with Crippen LogP contribution in [0.25, 0.3) is 10.8 Å². The molecule has 0 saturated carbocycles. The number of nitrogens with one attached hydrogen (secondary N) is 1. The molecule has 0 spiro atoms. The molecular formula is C19H13Cl2NO3. The van der Waals surface area contributed by atoms with Gasteiger partial charge in [0.1, 0.15) is 0 Å². The molecule has 6 heteroatoms. The molecule has 0 aromatic heterocycles. The smallest absolute Gasteiger partial charge is 0.340 e. The largest absolute Gasteiger partial charge is 0.452 e. The van der Waals surface area contributed by atoms with Gasteiger partial charge in [-0.05, 0) is 41.1 Å². The van der Waals surface area contributed by atoms with Gasteiger partial charge in [-0.1, -0.05) is 53.5 Å². The fourth-order valence-electron chi connectivity index (χ4n) is 2.33. The van der Waals surface area contributed by atoms with Crippen molar-refractivity contribution in [1.82, 2.24) is 0 Å². The van der Waals surface area contributed by atoms with Crippen LogP contribution in [-0.4, -0.2) is 18.5 Å². The van der Waals surface area contributed by atoms with Gasteiger partial charge in [-0.3, -0.25) is 4.79 Å². The molecule has 0 saturated heterocycles. The summed E-state index contributed by atoms with van der Waals surface area (Å²) in [5, 5.41) is 5.36. The van der Waals surface area contributed by atoms with Gasteiger partial charge in [-0.25, -0.2) is 4.79 Å². The molecule has 0 fully saturated rings. The van der Waals surface area contributed by atoms with Crippen molar-refractivity contribution >= 4 is 51.5 Å². The predicted octanol–water partition coefficient (Wildman–Crippen LogP) is 4.94. The van der Waals surface area contributed by atoms with Crippen molar-refractivity contribution in [2.45, 2.75) is 0 Å². The standard InChI is InChI=1S/C19H13Cl2NO3/c20-14-6-8-16(17(21)10-14)19(24)25-11-18(23)22-15-7-5-12-3-1-2-4-13(12)9-15/h1-10H,11H2,(H,22,23). The van der Waals surface area contributed by atoms with Crippen LogP contribution in [0.1, 0.15) is 10.4 Å². The van der Waals surface area contributed by atoms with Gasteiger partial charge in [-0.15, -0.1) is 0 Å². The first kappa shape index (κ1) is 17.3. The summed E-state index contributed by atoms with van der Waals surface area (Å²) in [6.45, 7) is -0.412. The van der Waals surface area contributed by atoms with Crippen LogP contribution in [-0.2, 0) is 9.53 Å². The minimum Gasteiger partial charge on any atom is -0.452 e. The SMILES string of the molecule is O=C(COC(=O)c1ccc(Cl)cc1Cl)Nc1ccc2ccccc2c1. The summed E-state index contributed by atoms with van der Waals surface area (Å²) in [7, 11) is 0. The van der Waals surface area contributed by atoms with Gasteiger partial charge in [0.15, 0.2) is 6.61 Å². The van der Waals surface area contributed by atoms with Gasteiger partial charge in [0, 0.05) is 10.7 Å². The van der Waals surface area contributed by atoms with E-state index in [1.807, 2.05) is 36.4 Å². The van der Waals surface area contributed by atoms with Crippen LogP contribution >= 0.6 is 23.2 Å². The molecule has 1 amide bonds. The quantitative estimate of drug-likeness (QED) is 0.658. The number of benzene rings is 3. The summed E-state index contributed by atoms with van der Waals surface area (Å²) in [5.41, 5.74) is 0.786. The summed E-state index contributed by atoms with van der Waals surface area (Å²) >= 11 is 11.7. The first-order valence-electron chi connectivity index (χ1n) is 7.44. The third-order valence-corrected chi connectivity index (χ3v) is 4.07. The summed E-state index contributed by atoms with van der Waals surface area (Å²) in [4.78, 5) is 24.0. The fraction of sp³-hybridized carbons (Fsp3) is 0.0526. The highest BCUT2D eigenvalue weighted by Crippen LogP contribution is 2.22. The minimum absolute atomic E-state index is 0.157. The van der Waals surface area contributed by atoms with Crippen LogP contribution < -0.4 is 5.32 Å². The number of anilines is 1. The molecule has 0 unspecified atom stereocenters. The highest BCUT2D eigenvalue weighted by atomic mass is 35.5. The number of rotatable bonds is 4. The number of carbonyl (C=O) groups excluding carboxylic acids is 2. The molecule has 0 radical (unpaired) electrons. The Hall–Kier alpha value is -2.56. The van der Waals surface area contributed by atoms with Gasteiger partial charge in [0.2, 0.25) is 0 Å². The van der Waals surface area contributed by atoms with Gasteiger partial charge >= 0.3 is 5.97 Å². The van der Waals surface area contributed by atoms with Crippen molar-refractivity contribution in [3.63, 3.8) is 0 Å². The molecular weight excluding hydrogens is 361 g/mol. The number of carbonyl (C=O) groups is 2. The van der Waals surface area contributed by atoms with E-state index >= 15 is 0 Å². The van der Waals surface area contributed by atoms with Crippen molar-refractivity contribution < 1.29 is 14.3 Å². The monoisotopic (exact) mass is 373 g/mol. The lowest BCUT2D eigenvalue weighted by Crippen LogP contribution is -2.21. The predicted molar refractivity (Wildman–Crippen MR) is 99.3 cm³/mol. The number of ether oxygens (including phenoxy) is 1. The Bertz CT molecular complexity index is 956. The molecule has 0 heterocycles. The fourth-order valence-corrected chi connectivity index (χ4v) is 2.81. The third kappa shape index (κ3) is 4.29. The summed E-state index contributed by atoms with van der Waals surface area (Å²) in [5.74, 6) is -1.12. The van der Waals surface area contributed by atoms with Crippen molar-refractivity contribution in [2.24, 2.45) is 0 Å². The molecule has 126 valence electrons. The molecule has 4 nitrogen and oxygen atoms in total. The average Bonchev–Trinajstić information content (AvgIpc) is 2.59. The van der Waals surface area contributed by atoms with Crippen molar-refractivity contribution in [2.75, 3.05) is 11.9 Å². The van der Waals surface area contributed by atoms with E-state index in [1.165, 1.54) is 18.2 Å². The second-order valence-electron chi connectivity index (χ2n) is 5.31. The van der Waals surface area contributed by atoms with E-state index in [9.17, 15) is 9.59 Å². The van der Waals surface area contributed by atoms with E-state index in [0.29, 0.717) is 10.7 Å². The molecule has 0 bridgehead atoms. The minimum atomic E-state index is -0.685. The lowest BCUT2D eigenvalue weighted by Gasteiger charge is -2.08. The van der Waals surface area contributed by atoms with Gasteiger partial charge in [0.05, 0.1) is 10.6 Å². The number of esters is 1. The maximum Gasteiger partial charge on any atom is 0.340 e. The van der Waals surface area contributed by atoms with E-state index in [2.05, 4.69) is 5.32 Å². The Morgan fingerprint density at radius 2 is 1.68 bits per heavy atom. The Kier molecular flexibility index (Phi) is 5.22. The lowest BCUT2D eigenvalue weighted by molar-refractivity contribution is -0.119. The first-order valence-corrected chi connectivity index (χ1v) is 8.19. The zero-order valence-corrected chi connectivity index (χ0v) is 14.5. The molecule has 3 aromatic rings. The van der Waals surface area contributed by atoms with Crippen molar-refractivity contribution in [3.05, 3.63) is 76.3 Å². The molecule has 3 aromatic carbocycles. The number of halogens is 2. The summed E-state index contributed by atoms with van der Waals surface area (Å²) in [6, 6.07) is 17.8. The van der Waals surface area contributed by atoms with Crippen LogP contribution in [0.2, 0.25) is 10.0 Å². The average molecular weight is 374 g/mol. The molecule has 25 heavy (non-hydrogen) atoms. The maximum atomic E-state index is 12.0. The van der Waals surface area contributed by atoms with Gasteiger partial charge in [-0.2, -0.15) is 0 Å². The second-order valence-corrected chi connectivity index (χ2v) is 6.15. The van der Waals surface area contributed by atoms with E-state index in [0.717, 1.165) is 10.8 Å². The number of hydrogen-bond acceptors (Lipinski definition) is 3. The number of fused-ring (bicyclic) bond motifs is 1. The summed E-state index contributed by atoms with van der Waals surface area (Å²) in [6.07, 6.45) is 0. The Balaban J connectivity index is 1.61. The van der Waals surface area contributed by atoms with E-state index in [4.69, 9.17) is 27.9 Å². The van der Waals surface area contributed by atoms with Crippen molar-refractivity contribution in [1.29, 1.82) is 0 Å². The maximum absolute atomic E-state index is 12.0. The first-order chi connectivity index (χ1) is 12.0. The molecule has 0 aliphatic rings. The lowest BCUT2D eigenvalue weighted by atomic mass is 10.1. The van der Waals surface area contributed by atoms with Crippen LogP contribution in [0, 0.1) is 0 Å². The highest BCUT2D eigenvalue weighted by molar-refractivity contribution is 6.36. The normalized spacial score (nSPS) is 10.5. The zero-order chi connectivity index (χ0) is 17.8. The number of amides is 1. The molecule has 0 atom stereocenters. The molecule has 0 aliphatic heterocycles. The van der Waals surface area contributed by atoms with Gasteiger partial charge < -0.3 is 10.1 Å². The Labute approximate surface area is 154 Å². The van der Waals surface area contributed by atoms with E-state index < -0.39 is 18.5 Å². The molecule has 1 N–H and O–H groups in total. The van der Waals surface area contributed by atoms with Gasteiger partial charge in [0.25, 0.3) is 5.91 Å². The van der Waals surface area contributed by atoms with Crippen molar-refractivity contribution in [3.8, 4) is 0 Å². The third-order valence-electron chi connectivity index (χ3n) is 3.52. The molecule has 0 aliphatic carbocycles. The van der Waals surface area contributed by atoms with Crippen LogP contribution in [0.15, 0.2) is 60.7 Å². The number of hydrogen-bond donors (Lipinski definition) is 1. The highest BCUT2D eigenvalue weighted by Gasteiger charge is 2.14. The summed E-state index contributed by atoms with van der Waals surface area (Å²) < 4.78 is 4.99. The zero-order valence-electron chi connectivity index (χ0n) is 13.0. The Morgan fingerprint density at radius 3 is 2.44 bits per heavy atom. The molecule has 3 rings (SSSR count). The van der Waals surface area contributed by atoms with Crippen LogP contribution in [0.4, 0.5) is 5.69 Å². The topological polar surface area (TPSA) is 55.4 Å². The second kappa shape index (κ2) is 7.55. The van der Waals surface area contributed by atoms with E-state index in [-0.39, 0.29) is 10.6 Å².